The van der Waals surface area contributed by atoms with Gasteiger partial charge >= 0.3 is 6.18 Å². The Kier molecular flexibility index (Phi) is 8.82. The fourth-order valence-corrected chi connectivity index (χ4v) is 3.38. The van der Waals surface area contributed by atoms with Crippen molar-refractivity contribution in [2.45, 2.75) is 65.2 Å². The molecule has 0 aliphatic carbocycles. The number of nitrogens with one attached hydrogen (secondary N) is 2. The van der Waals surface area contributed by atoms with E-state index < -0.39 is 41.7 Å². The molecular formula is C22H30F4N4O3. The van der Waals surface area contributed by atoms with Crippen LogP contribution in [0.2, 0.25) is 0 Å². The first-order chi connectivity index (χ1) is 15.3. The van der Waals surface area contributed by atoms with Gasteiger partial charge in [-0.25, -0.2) is 4.39 Å². The summed E-state index contributed by atoms with van der Waals surface area (Å²) < 4.78 is 52.9. The summed E-state index contributed by atoms with van der Waals surface area (Å²) in [5.74, 6) is -1.78. The number of amides is 2. The summed E-state index contributed by atoms with van der Waals surface area (Å²) in [4.78, 5) is 25.7. The minimum Gasteiger partial charge on any atom is -0.396 e. The number of benzene rings is 1. The van der Waals surface area contributed by atoms with E-state index in [0.29, 0.717) is 6.42 Å². The number of para-hydroxylation sites is 1. The van der Waals surface area contributed by atoms with Crippen LogP contribution < -0.4 is 10.6 Å². The van der Waals surface area contributed by atoms with Gasteiger partial charge < -0.3 is 15.7 Å². The molecule has 1 aromatic carbocycles. The van der Waals surface area contributed by atoms with E-state index in [0.717, 1.165) is 0 Å². The number of halogens is 4. The molecule has 1 aromatic heterocycles. The lowest BCUT2D eigenvalue weighted by Gasteiger charge is -2.30. The highest BCUT2D eigenvalue weighted by molar-refractivity contribution is 6.06. The molecule has 2 amide bonds. The van der Waals surface area contributed by atoms with Gasteiger partial charge in [-0.3, -0.25) is 14.3 Å². The summed E-state index contributed by atoms with van der Waals surface area (Å²) in [7, 11) is 0. The Bertz CT molecular complexity index is 967. The van der Waals surface area contributed by atoms with Gasteiger partial charge in [0.05, 0.1) is 0 Å². The van der Waals surface area contributed by atoms with Crippen molar-refractivity contribution in [3.63, 3.8) is 0 Å². The zero-order chi connectivity index (χ0) is 24.8. The fraction of sp³-hybridized carbons (Fsp3) is 0.591. The molecule has 3 N–H and O–H groups in total. The minimum absolute atomic E-state index is 0.00510. The molecular weight excluding hydrogens is 444 g/mol. The number of hydrogen-bond acceptors (Lipinski definition) is 4. The lowest BCUT2D eigenvalue weighted by atomic mass is 9.86. The average Bonchev–Trinajstić information content (AvgIpc) is 3.08. The molecule has 0 saturated carbocycles. The Morgan fingerprint density at radius 2 is 1.85 bits per heavy atom. The van der Waals surface area contributed by atoms with Gasteiger partial charge in [0, 0.05) is 31.5 Å². The minimum atomic E-state index is -4.28. The number of aryl methyl sites for hydroxylation is 1. The third kappa shape index (κ3) is 7.41. The van der Waals surface area contributed by atoms with Gasteiger partial charge in [0.15, 0.2) is 5.69 Å². The summed E-state index contributed by atoms with van der Waals surface area (Å²) in [6.45, 7) is 5.44. The molecule has 1 heterocycles. The molecule has 33 heavy (non-hydrogen) atoms. The van der Waals surface area contributed by atoms with Crippen molar-refractivity contribution < 1.29 is 32.3 Å². The first kappa shape index (κ1) is 26.6. The molecule has 1 atom stereocenters. The van der Waals surface area contributed by atoms with Crippen molar-refractivity contribution >= 4 is 22.7 Å². The predicted molar refractivity (Wildman–Crippen MR) is 115 cm³/mol. The third-order valence-electron chi connectivity index (χ3n) is 5.05. The molecule has 0 aliphatic heterocycles. The van der Waals surface area contributed by atoms with Gasteiger partial charge in [-0.1, -0.05) is 32.9 Å². The van der Waals surface area contributed by atoms with Crippen molar-refractivity contribution in [3.05, 3.63) is 29.7 Å². The molecule has 0 spiro atoms. The number of carbonyl (C=O) groups excluding carboxylic acids is 2. The second-order valence-electron chi connectivity index (χ2n) is 8.92. The quantitative estimate of drug-likeness (QED) is 0.363. The first-order valence-electron chi connectivity index (χ1n) is 10.8. The van der Waals surface area contributed by atoms with Crippen LogP contribution in [-0.4, -0.2) is 52.1 Å². The Hall–Kier alpha value is -2.69. The summed E-state index contributed by atoms with van der Waals surface area (Å²) in [5, 5.41) is 18.6. The van der Waals surface area contributed by atoms with Gasteiger partial charge in [0.1, 0.15) is 17.4 Å². The Morgan fingerprint density at radius 3 is 2.45 bits per heavy atom. The second kappa shape index (κ2) is 11.0. The molecule has 0 saturated heterocycles. The van der Waals surface area contributed by atoms with Gasteiger partial charge in [0.2, 0.25) is 5.91 Å². The van der Waals surface area contributed by atoms with E-state index in [4.69, 9.17) is 5.11 Å². The molecule has 1 unspecified atom stereocenters. The van der Waals surface area contributed by atoms with Crippen LogP contribution in [0.1, 0.15) is 56.9 Å². The second-order valence-corrected chi connectivity index (χ2v) is 8.92. The SMILES string of the molecule is CC(C)(C)C(NC(=O)c1nn(CCCCC(F)(F)F)c2c(F)cccc12)C(=O)NCCCO. The number of carbonyl (C=O) groups is 2. The van der Waals surface area contributed by atoms with E-state index in [1.54, 1.807) is 20.8 Å². The van der Waals surface area contributed by atoms with Crippen LogP contribution in [0, 0.1) is 11.2 Å². The molecule has 0 aliphatic rings. The number of unbranched alkanes of at least 4 members (excludes halogenated alkanes) is 1. The topological polar surface area (TPSA) is 96.2 Å². The maximum atomic E-state index is 14.5. The molecule has 0 bridgehead atoms. The van der Waals surface area contributed by atoms with E-state index in [2.05, 4.69) is 15.7 Å². The number of nitrogens with zero attached hydrogens (tertiary/aromatic N) is 2. The third-order valence-corrected chi connectivity index (χ3v) is 5.05. The van der Waals surface area contributed by atoms with E-state index in [1.165, 1.54) is 22.9 Å². The molecule has 11 heteroatoms. The maximum absolute atomic E-state index is 14.5. The highest BCUT2D eigenvalue weighted by atomic mass is 19.4. The number of aliphatic hydroxyl groups excluding tert-OH is 1. The van der Waals surface area contributed by atoms with E-state index in [1.807, 2.05) is 0 Å². The Labute approximate surface area is 189 Å². The molecule has 0 fully saturated rings. The van der Waals surface area contributed by atoms with Crippen LogP contribution in [0.15, 0.2) is 18.2 Å². The monoisotopic (exact) mass is 474 g/mol. The van der Waals surface area contributed by atoms with E-state index >= 15 is 0 Å². The van der Waals surface area contributed by atoms with Gasteiger partial charge in [-0.05, 0) is 30.7 Å². The van der Waals surface area contributed by atoms with Crippen LogP contribution in [-0.2, 0) is 11.3 Å². The van der Waals surface area contributed by atoms with Crippen LogP contribution >= 0.6 is 0 Å². The summed E-state index contributed by atoms with van der Waals surface area (Å²) in [5.41, 5.74) is -0.757. The summed E-state index contributed by atoms with van der Waals surface area (Å²) >= 11 is 0. The van der Waals surface area contributed by atoms with Gasteiger partial charge in [-0.2, -0.15) is 18.3 Å². The zero-order valence-electron chi connectivity index (χ0n) is 18.9. The number of fused-ring (bicyclic) bond motifs is 1. The molecule has 184 valence electrons. The highest BCUT2D eigenvalue weighted by Gasteiger charge is 2.34. The number of aliphatic hydroxyl groups is 1. The number of alkyl halides is 3. The first-order valence-corrected chi connectivity index (χ1v) is 10.8. The smallest absolute Gasteiger partial charge is 0.389 e. The largest absolute Gasteiger partial charge is 0.396 e. The normalized spacial score (nSPS) is 13.2. The van der Waals surface area contributed by atoms with Crippen molar-refractivity contribution in [3.8, 4) is 0 Å². The van der Waals surface area contributed by atoms with Crippen molar-refractivity contribution in [1.82, 2.24) is 20.4 Å². The van der Waals surface area contributed by atoms with Gasteiger partial charge in [-0.15, -0.1) is 0 Å². The van der Waals surface area contributed by atoms with Crippen LogP contribution in [0.4, 0.5) is 17.6 Å². The highest BCUT2D eigenvalue weighted by Crippen LogP contribution is 2.26. The van der Waals surface area contributed by atoms with Crippen LogP contribution in [0.25, 0.3) is 10.9 Å². The van der Waals surface area contributed by atoms with E-state index in [-0.39, 0.29) is 49.1 Å². The van der Waals surface area contributed by atoms with Crippen LogP contribution in [0.3, 0.4) is 0 Å². The maximum Gasteiger partial charge on any atom is 0.389 e. The lowest BCUT2D eigenvalue weighted by molar-refractivity contribution is -0.135. The Morgan fingerprint density at radius 1 is 1.15 bits per heavy atom. The molecule has 0 radical (unpaired) electrons. The fourth-order valence-electron chi connectivity index (χ4n) is 3.38. The summed E-state index contributed by atoms with van der Waals surface area (Å²) in [6.07, 6.45) is -4.92. The molecule has 2 rings (SSSR count). The molecule has 7 nitrogen and oxygen atoms in total. The summed E-state index contributed by atoms with van der Waals surface area (Å²) in [6, 6.07) is 3.15. The standard InChI is InChI=1S/C22H30F4N4O3/c1-21(2,3)18(20(33)27-11-7-13-31)28-19(32)16-14-8-6-9-15(23)17(14)30(29-16)12-5-4-10-22(24,25)26/h6,8-9,18,31H,4-5,7,10-13H2,1-3H3,(H,27,33)(H,28,32). The number of hydrogen-bond donors (Lipinski definition) is 3. The van der Waals surface area contributed by atoms with Crippen molar-refractivity contribution in [2.75, 3.05) is 13.2 Å². The predicted octanol–water partition coefficient (Wildman–Crippen LogP) is 3.55. The average molecular weight is 474 g/mol. The Balaban J connectivity index is 2.27. The van der Waals surface area contributed by atoms with E-state index in [9.17, 15) is 27.2 Å². The lowest BCUT2D eigenvalue weighted by Crippen LogP contribution is -2.53. The zero-order valence-corrected chi connectivity index (χ0v) is 18.9. The number of aromatic nitrogens is 2. The van der Waals surface area contributed by atoms with Crippen molar-refractivity contribution in [1.29, 1.82) is 0 Å². The van der Waals surface area contributed by atoms with Crippen molar-refractivity contribution in [2.24, 2.45) is 5.41 Å². The van der Waals surface area contributed by atoms with Crippen LogP contribution in [0.5, 0.6) is 0 Å². The van der Waals surface area contributed by atoms with Gasteiger partial charge in [0.25, 0.3) is 5.91 Å². The number of rotatable bonds is 10. The molecule has 2 aromatic rings.